The molecule has 2 rings (SSSR count). The van der Waals surface area contributed by atoms with Crippen LogP contribution in [0, 0.1) is 11.6 Å². The van der Waals surface area contributed by atoms with Crippen LogP contribution in [0.4, 0.5) is 8.78 Å². The monoisotopic (exact) mass is 320 g/mol. The first-order valence-corrected chi connectivity index (χ1v) is 6.58. The summed E-state index contributed by atoms with van der Waals surface area (Å²) in [4.78, 5) is 12.1. The van der Waals surface area contributed by atoms with Crippen LogP contribution in [0.3, 0.4) is 0 Å². The van der Waals surface area contributed by atoms with E-state index in [0.29, 0.717) is 5.56 Å². The van der Waals surface area contributed by atoms with Crippen molar-refractivity contribution in [2.75, 3.05) is 14.2 Å². The van der Waals surface area contributed by atoms with E-state index >= 15 is 0 Å². The van der Waals surface area contributed by atoms with Crippen LogP contribution < -0.4 is 9.47 Å². The summed E-state index contributed by atoms with van der Waals surface area (Å²) in [5, 5.41) is 9.89. The molecule has 0 fully saturated rings. The molecule has 23 heavy (non-hydrogen) atoms. The van der Waals surface area contributed by atoms with Crippen LogP contribution in [0.1, 0.15) is 15.9 Å². The summed E-state index contributed by atoms with van der Waals surface area (Å²) >= 11 is 0. The maximum Gasteiger partial charge on any atom is 0.189 e. The van der Waals surface area contributed by atoms with Crippen LogP contribution in [-0.4, -0.2) is 25.1 Å². The van der Waals surface area contributed by atoms with Gasteiger partial charge in [0.15, 0.2) is 28.9 Å². The molecule has 0 heterocycles. The molecule has 0 bridgehead atoms. The van der Waals surface area contributed by atoms with E-state index < -0.39 is 17.4 Å². The van der Waals surface area contributed by atoms with E-state index in [0.717, 1.165) is 18.2 Å². The fourth-order valence-corrected chi connectivity index (χ4v) is 1.94. The predicted molar refractivity (Wildman–Crippen MR) is 80.9 cm³/mol. The summed E-state index contributed by atoms with van der Waals surface area (Å²) in [6, 6.07) is 5.86. The zero-order valence-corrected chi connectivity index (χ0v) is 12.5. The Bertz CT molecular complexity index is 769. The molecule has 0 aliphatic rings. The van der Waals surface area contributed by atoms with Gasteiger partial charge >= 0.3 is 0 Å². The number of benzene rings is 2. The Balaban J connectivity index is 2.29. The zero-order chi connectivity index (χ0) is 17.0. The lowest BCUT2D eigenvalue weighted by Gasteiger charge is -2.10. The highest BCUT2D eigenvalue weighted by atomic mass is 19.2. The highest BCUT2D eigenvalue weighted by Crippen LogP contribution is 2.34. The van der Waals surface area contributed by atoms with Crippen molar-refractivity contribution in [1.29, 1.82) is 0 Å². The van der Waals surface area contributed by atoms with E-state index in [-0.39, 0.29) is 22.8 Å². The van der Waals surface area contributed by atoms with E-state index in [1.165, 1.54) is 38.5 Å². The Kier molecular flexibility index (Phi) is 4.95. The topological polar surface area (TPSA) is 55.8 Å². The summed E-state index contributed by atoms with van der Waals surface area (Å²) in [6.45, 7) is 0. The highest BCUT2D eigenvalue weighted by Gasteiger charge is 2.14. The van der Waals surface area contributed by atoms with Crippen molar-refractivity contribution in [3.63, 3.8) is 0 Å². The fourth-order valence-electron chi connectivity index (χ4n) is 1.94. The van der Waals surface area contributed by atoms with Crippen molar-refractivity contribution < 1.29 is 28.2 Å². The third-order valence-electron chi connectivity index (χ3n) is 3.14. The first kappa shape index (κ1) is 16.5. The number of methoxy groups -OCH3 is 2. The van der Waals surface area contributed by atoms with E-state index in [1.54, 1.807) is 0 Å². The molecular formula is C17H14F2O4. The van der Waals surface area contributed by atoms with Gasteiger partial charge in [-0.3, -0.25) is 4.79 Å². The largest absolute Gasteiger partial charge is 0.507 e. The predicted octanol–water partition coefficient (Wildman–Crippen LogP) is 3.58. The van der Waals surface area contributed by atoms with Crippen LogP contribution in [0.2, 0.25) is 0 Å². The number of hydrogen-bond donors (Lipinski definition) is 1. The lowest BCUT2D eigenvalue weighted by Crippen LogP contribution is -1.98. The minimum Gasteiger partial charge on any atom is -0.507 e. The number of ketones is 1. The van der Waals surface area contributed by atoms with Gasteiger partial charge in [0, 0.05) is 6.07 Å². The van der Waals surface area contributed by atoms with Gasteiger partial charge in [-0.2, -0.15) is 0 Å². The molecule has 0 aliphatic heterocycles. The molecule has 1 N–H and O–H groups in total. The van der Waals surface area contributed by atoms with Crippen molar-refractivity contribution in [3.8, 4) is 17.2 Å². The molecule has 4 nitrogen and oxygen atoms in total. The van der Waals surface area contributed by atoms with Gasteiger partial charge in [0.05, 0.1) is 19.8 Å². The molecule has 120 valence electrons. The Hall–Kier alpha value is -2.89. The molecule has 0 atom stereocenters. The standard InChI is InChI=1S/C17H14F2O4/c1-22-16-8-11(15(21)9-17(16)23-2)14(20)6-4-10-3-5-12(18)13(19)7-10/h3-9,21H,1-2H3/b6-4+. The Morgan fingerprint density at radius 1 is 1.04 bits per heavy atom. The average Bonchev–Trinajstić information content (AvgIpc) is 2.55. The van der Waals surface area contributed by atoms with Crippen molar-refractivity contribution >= 4 is 11.9 Å². The molecule has 0 unspecified atom stereocenters. The average molecular weight is 320 g/mol. The van der Waals surface area contributed by atoms with E-state index in [9.17, 15) is 18.7 Å². The maximum atomic E-state index is 13.1. The Labute approximate surface area is 131 Å². The summed E-state index contributed by atoms with van der Waals surface area (Å²) in [6.07, 6.45) is 2.47. The minimum absolute atomic E-state index is 0.00137. The van der Waals surface area contributed by atoms with Gasteiger partial charge in [0.2, 0.25) is 0 Å². The summed E-state index contributed by atoms with van der Waals surface area (Å²) < 4.78 is 36.0. The van der Waals surface area contributed by atoms with Gasteiger partial charge in [-0.25, -0.2) is 8.78 Å². The summed E-state index contributed by atoms with van der Waals surface area (Å²) in [5.74, 6) is -2.20. The van der Waals surface area contributed by atoms with Gasteiger partial charge in [0.1, 0.15) is 5.75 Å². The Morgan fingerprint density at radius 3 is 2.30 bits per heavy atom. The minimum atomic E-state index is -1.01. The van der Waals surface area contributed by atoms with Crippen molar-refractivity contribution in [2.24, 2.45) is 0 Å². The van der Waals surface area contributed by atoms with Gasteiger partial charge in [-0.1, -0.05) is 12.1 Å². The lowest BCUT2D eigenvalue weighted by molar-refractivity contribution is 0.104. The molecule has 6 heteroatoms. The smallest absolute Gasteiger partial charge is 0.189 e. The molecule has 0 spiro atoms. The molecule has 0 aromatic heterocycles. The first-order valence-electron chi connectivity index (χ1n) is 6.58. The van der Waals surface area contributed by atoms with Crippen molar-refractivity contribution in [1.82, 2.24) is 0 Å². The summed E-state index contributed by atoms with van der Waals surface area (Å²) in [5.41, 5.74) is 0.318. The number of ether oxygens (including phenoxy) is 2. The van der Waals surface area contributed by atoms with Crippen LogP contribution >= 0.6 is 0 Å². The zero-order valence-electron chi connectivity index (χ0n) is 12.5. The second-order valence-electron chi connectivity index (χ2n) is 4.60. The summed E-state index contributed by atoms with van der Waals surface area (Å²) in [7, 11) is 2.81. The molecule has 0 radical (unpaired) electrons. The maximum absolute atomic E-state index is 13.1. The SMILES string of the molecule is COc1cc(O)c(C(=O)/C=C/c2ccc(F)c(F)c2)cc1OC. The molecule has 0 aliphatic carbocycles. The van der Waals surface area contributed by atoms with Crippen LogP contribution in [0.5, 0.6) is 17.2 Å². The van der Waals surface area contributed by atoms with Gasteiger partial charge < -0.3 is 14.6 Å². The van der Waals surface area contributed by atoms with E-state index in [4.69, 9.17) is 9.47 Å². The van der Waals surface area contributed by atoms with Gasteiger partial charge in [0.25, 0.3) is 0 Å². The number of hydrogen-bond acceptors (Lipinski definition) is 4. The number of allylic oxidation sites excluding steroid dienone is 1. The van der Waals surface area contributed by atoms with E-state index in [1.807, 2.05) is 0 Å². The van der Waals surface area contributed by atoms with Gasteiger partial charge in [-0.05, 0) is 29.8 Å². The molecule has 0 saturated carbocycles. The number of carbonyl (C=O) groups is 1. The van der Waals surface area contributed by atoms with Crippen LogP contribution in [0.25, 0.3) is 6.08 Å². The Morgan fingerprint density at radius 2 is 1.70 bits per heavy atom. The number of phenols is 1. The number of carbonyl (C=O) groups excluding carboxylic acids is 1. The van der Waals surface area contributed by atoms with Crippen molar-refractivity contribution in [2.45, 2.75) is 0 Å². The lowest BCUT2D eigenvalue weighted by atomic mass is 10.1. The fraction of sp³-hybridized carbons (Fsp3) is 0.118. The second-order valence-corrected chi connectivity index (χ2v) is 4.60. The highest BCUT2D eigenvalue weighted by molar-refractivity contribution is 6.09. The van der Waals surface area contributed by atoms with Gasteiger partial charge in [-0.15, -0.1) is 0 Å². The van der Waals surface area contributed by atoms with Crippen LogP contribution in [-0.2, 0) is 0 Å². The first-order chi connectivity index (χ1) is 11.0. The third kappa shape index (κ3) is 3.66. The second kappa shape index (κ2) is 6.91. The van der Waals surface area contributed by atoms with E-state index in [2.05, 4.69) is 0 Å². The third-order valence-corrected chi connectivity index (χ3v) is 3.14. The number of halogens is 2. The number of aromatic hydroxyl groups is 1. The quantitative estimate of drug-likeness (QED) is 0.676. The number of phenolic OH excluding ortho intramolecular Hbond substituents is 1. The number of rotatable bonds is 5. The molecule has 2 aromatic carbocycles. The molecule has 0 saturated heterocycles. The molecule has 0 amide bonds. The van der Waals surface area contributed by atoms with Crippen LogP contribution in [0.15, 0.2) is 36.4 Å². The van der Waals surface area contributed by atoms with Crippen molar-refractivity contribution in [3.05, 3.63) is 59.2 Å². The molecular weight excluding hydrogens is 306 g/mol. The molecule has 2 aromatic rings. The normalized spacial score (nSPS) is 10.8.